The van der Waals surface area contributed by atoms with Gasteiger partial charge in [-0.1, -0.05) is 0 Å². The van der Waals surface area contributed by atoms with Gasteiger partial charge in [0, 0.05) is 32.5 Å². The second kappa shape index (κ2) is 4.38. The summed E-state index contributed by atoms with van der Waals surface area (Å²) < 4.78 is 0. The van der Waals surface area contributed by atoms with Crippen molar-refractivity contribution in [3.05, 3.63) is 18.1 Å². The van der Waals surface area contributed by atoms with Gasteiger partial charge in [-0.3, -0.25) is 0 Å². The van der Waals surface area contributed by atoms with Crippen molar-refractivity contribution in [1.82, 2.24) is 9.97 Å². The first-order valence-electron chi connectivity index (χ1n) is 3.92. The Balaban J connectivity index is 2.93. The van der Waals surface area contributed by atoms with Gasteiger partial charge in [-0.05, 0) is 0 Å². The molecule has 68 valence electrons. The standard InChI is InChI=1S/C8H11N5/c1-13(5-2-9)8-7(6-10)11-3-4-12-8/h3-4H,2,5,9H2,1H3. The third kappa shape index (κ3) is 2.13. The Morgan fingerprint density at radius 2 is 2.23 bits per heavy atom. The lowest BCUT2D eigenvalue weighted by Crippen LogP contribution is -2.26. The van der Waals surface area contributed by atoms with Crippen molar-refractivity contribution in [3.8, 4) is 6.07 Å². The van der Waals surface area contributed by atoms with Crippen molar-refractivity contribution in [2.45, 2.75) is 0 Å². The molecule has 0 saturated heterocycles. The smallest absolute Gasteiger partial charge is 0.183 e. The number of aromatic nitrogens is 2. The van der Waals surface area contributed by atoms with Gasteiger partial charge in [0.15, 0.2) is 11.5 Å². The Morgan fingerprint density at radius 1 is 1.54 bits per heavy atom. The van der Waals surface area contributed by atoms with Crippen molar-refractivity contribution < 1.29 is 0 Å². The summed E-state index contributed by atoms with van der Waals surface area (Å²) in [6.45, 7) is 1.19. The number of anilines is 1. The van der Waals surface area contributed by atoms with Gasteiger partial charge in [0.2, 0.25) is 0 Å². The molecule has 0 aliphatic heterocycles. The van der Waals surface area contributed by atoms with Crippen LogP contribution >= 0.6 is 0 Å². The zero-order valence-electron chi connectivity index (χ0n) is 7.44. The van der Waals surface area contributed by atoms with Crippen LogP contribution in [-0.2, 0) is 0 Å². The van der Waals surface area contributed by atoms with E-state index < -0.39 is 0 Å². The Kier molecular flexibility index (Phi) is 3.17. The molecule has 1 rings (SSSR count). The summed E-state index contributed by atoms with van der Waals surface area (Å²) in [4.78, 5) is 9.76. The van der Waals surface area contributed by atoms with Crippen molar-refractivity contribution in [3.63, 3.8) is 0 Å². The largest absolute Gasteiger partial charge is 0.356 e. The highest BCUT2D eigenvalue weighted by Crippen LogP contribution is 2.10. The molecule has 2 N–H and O–H groups in total. The predicted molar refractivity (Wildman–Crippen MR) is 49.1 cm³/mol. The highest BCUT2D eigenvalue weighted by Gasteiger charge is 2.07. The van der Waals surface area contributed by atoms with Gasteiger partial charge in [-0.25, -0.2) is 9.97 Å². The zero-order chi connectivity index (χ0) is 9.68. The van der Waals surface area contributed by atoms with E-state index in [1.165, 1.54) is 6.20 Å². The molecule has 0 fully saturated rings. The Morgan fingerprint density at radius 3 is 2.85 bits per heavy atom. The van der Waals surface area contributed by atoms with Gasteiger partial charge < -0.3 is 10.6 Å². The average Bonchev–Trinajstić information content (AvgIpc) is 2.18. The van der Waals surface area contributed by atoms with Gasteiger partial charge in [-0.15, -0.1) is 0 Å². The Hall–Kier alpha value is -1.67. The molecule has 1 aromatic rings. The molecule has 1 heterocycles. The van der Waals surface area contributed by atoms with E-state index in [1.807, 2.05) is 18.0 Å². The van der Waals surface area contributed by atoms with E-state index in [1.54, 1.807) is 6.20 Å². The highest BCUT2D eigenvalue weighted by atomic mass is 15.2. The molecule has 0 unspecified atom stereocenters. The summed E-state index contributed by atoms with van der Waals surface area (Å²) in [6.07, 6.45) is 3.06. The first-order valence-corrected chi connectivity index (χ1v) is 3.92. The quantitative estimate of drug-likeness (QED) is 0.688. The minimum atomic E-state index is 0.332. The molecule has 0 aliphatic rings. The maximum Gasteiger partial charge on any atom is 0.183 e. The second-order valence-corrected chi connectivity index (χ2v) is 2.55. The Bertz CT molecular complexity index is 317. The van der Waals surface area contributed by atoms with Crippen LogP contribution in [0.2, 0.25) is 0 Å². The van der Waals surface area contributed by atoms with Gasteiger partial charge in [0.25, 0.3) is 0 Å². The lowest BCUT2D eigenvalue weighted by Gasteiger charge is -2.16. The number of likely N-dealkylation sites (N-methyl/N-ethyl adjacent to an activating group) is 1. The highest BCUT2D eigenvalue weighted by molar-refractivity contribution is 5.48. The van der Waals surface area contributed by atoms with Gasteiger partial charge in [-0.2, -0.15) is 5.26 Å². The topological polar surface area (TPSA) is 78.8 Å². The average molecular weight is 177 g/mol. The maximum absolute atomic E-state index is 8.73. The van der Waals surface area contributed by atoms with Crippen LogP contribution in [0.1, 0.15) is 5.69 Å². The second-order valence-electron chi connectivity index (χ2n) is 2.55. The molecular weight excluding hydrogens is 166 g/mol. The monoisotopic (exact) mass is 177 g/mol. The van der Waals surface area contributed by atoms with E-state index in [4.69, 9.17) is 11.0 Å². The van der Waals surface area contributed by atoms with Crippen LogP contribution in [-0.4, -0.2) is 30.1 Å². The van der Waals surface area contributed by atoms with Crippen LogP contribution in [0.25, 0.3) is 0 Å². The van der Waals surface area contributed by atoms with Crippen molar-refractivity contribution in [1.29, 1.82) is 5.26 Å². The van der Waals surface area contributed by atoms with E-state index in [0.717, 1.165) is 0 Å². The van der Waals surface area contributed by atoms with Crippen LogP contribution < -0.4 is 10.6 Å². The fourth-order valence-electron chi connectivity index (χ4n) is 0.988. The zero-order valence-corrected chi connectivity index (χ0v) is 7.44. The van der Waals surface area contributed by atoms with Crippen molar-refractivity contribution in [2.75, 3.05) is 25.0 Å². The molecule has 0 atom stereocenters. The molecule has 0 saturated carbocycles. The molecule has 0 spiro atoms. The van der Waals surface area contributed by atoms with Crippen LogP contribution in [0.4, 0.5) is 5.82 Å². The van der Waals surface area contributed by atoms with E-state index >= 15 is 0 Å². The summed E-state index contributed by atoms with van der Waals surface area (Å²) in [5.74, 6) is 0.579. The molecule has 0 radical (unpaired) electrons. The third-order valence-electron chi connectivity index (χ3n) is 1.61. The summed E-state index contributed by atoms with van der Waals surface area (Å²) >= 11 is 0. The summed E-state index contributed by atoms with van der Waals surface area (Å²) in [7, 11) is 1.83. The van der Waals surface area contributed by atoms with E-state index in [-0.39, 0.29) is 0 Å². The first kappa shape index (κ1) is 9.42. The van der Waals surface area contributed by atoms with Crippen molar-refractivity contribution >= 4 is 5.82 Å². The molecule has 0 aromatic carbocycles. The number of nitrogens with two attached hydrogens (primary N) is 1. The Labute approximate surface area is 76.8 Å². The minimum absolute atomic E-state index is 0.332. The van der Waals surface area contributed by atoms with E-state index in [9.17, 15) is 0 Å². The number of nitriles is 1. The number of hydrogen-bond donors (Lipinski definition) is 1. The fraction of sp³-hybridized carbons (Fsp3) is 0.375. The van der Waals surface area contributed by atoms with E-state index in [0.29, 0.717) is 24.6 Å². The lowest BCUT2D eigenvalue weighted by atomic mass is 10.4. The number of hydrogen-bond acceptors (Lipinski definition) is 5. The van der Waals surface area contributed by atoms with Crippen LogP contribution in [0, 0.1) is 11.3 Å². The van der Waals surface area contributed by atoms with Crippen molar-refractivity contribution in [2.24, 2.45) is 5.73 Å². The molecule has 0 bridgehead atoms. The summed E-state index contributed by atoms with van der Waals surface area (Å²) in [5.41, 5.74) is 5.72. The van der Waals surface area contributed by atoms with Gasteiger partial charge in [0.1, 0.15) is 6.07 Å². The molecule has 1 aromatic heterocycles. The molecule has 0 amide bonds. The van der Waals surface area contributed by atoms with Crippen LogP contribution in [0.15, 0.2) is 12.4 Å². The summed E-state index contributed by atoms with van der Waals surface area (Å²) in [5, 5.41) is 8.73. The van der Waals surface area contributed by atoms with Crippen LogP contribution in [0.3, 0.4) is 0 Å². The summed E-state index contributed by atoms with van der Waals surface area (Å²) in [6, 6.07) is 1.98. The first-order chi connectivity index (χ1) is 6.29. The SMILES string of the molecule is CN(CCN)c1nccnc1C#N. The van der Waals surface area contributed by atoms with Gasteiger partial charge in [0.05, 0.1) is 0 Å². The lowest BCUT2D eigenvalue weighted by molar-refractivity contribution is 0.860. The van der Waals surface area contributed by atoms with Crippen LogP contribution in [0.5, 0.6) is 0 Å². The molecular formula is C8H11N5. The van der Waals surface area contributed by atoms with Gasteiger partial charge >= 0.3 is 0 Å². The number of nitrogens with zero attached hydrogens (tertiary/aromatic N) is 4. The fourth-order valence-corrected chi connectivity index (χ4v) is 0.988. The predicted octanol–water partition coefficient (Wildman–Crippen LogP) is -0.257. The third-order valence-corrected chi connectivity index (χ3v) is 1.61. The normalized spacial score (nSPS) is 9.31. The van der Waals surface area contributed by atoms with E-state index in [2.05, 4.69) is 9.97 Å². The number of rotatable bonds is 3. The molecule has 13 heavy (non-hydrogen) atoms. The molecule has 5 nitrogen and oxygen atoms in total. The maximum atomic E-state index is 8.73. The molecule has 0 aliphatic carbocycles. The minimum Gasteiger partial charge on any atom is -0.356 e. The molecule has 5 heteroatoms.